The highest BCUT2D eigenvalue weighted by Crippen LogP contribution is 2.11. The lowest BCUT2D eigenvalue weighted by molar-refractivity contribution is -0.136. The number of benzene rings is 1. The molecule has 0 aliphatic heterocycles. The Labute approximate surface area is 134 Å². The first-order valence-corrected chi connectivity index (χ1v) is 7.46. The Morgan fingerprint density at radius 1 is 1.17 bits per heavy atom. The molecule has 0 fully saturated rings. The zero-order valence-corrected chi connectivity index (χ0v) is 12.9. The minimum absolute atomic E-state index is 0.480. The van der Waals surface area contributed by atoms with E-state index in [1.165, 1.54) is 18.0 Å². The molecule has 2 rings (SSSR count). The summed E-state index contributed by atoms with van der Waals surface area (Å²) in [7, 11) is 0. The maximum absolute atomic E-state index is 11.7. The molecule has 1 heterocycles. The van der Waals surface area contributed by atoms with Gasteiger partial charge in [-0.1, -0.05) is 25.5 Å². The molecule has 2 aromatic rings. The number of nitrogens with one attached hydrogen (secondary N) is 2. The second-order valence-electron chi connectivity index (χ2n) is 4.97. The Hall–Kier alpha value is -2.89. The summed E-state index contributed by atoms with van der Waals surface area (Å²) in [6.45, 7) is 2.14. The fourth-order valence-corrected chi connectivity index (χ4v) is 1.89. The van der Waals surface area contributed by atoms with Gasteiger partial charge in [0.1, 0.15) is 5.76 Å². The van der Waals surface area contributed by atoms with Crippen molar-refractivity contribution >= 4 is 23.7 Å². The second-order valence-corrected chi connectivity index (χ2v) is 4.97. The summed E-state index contributed by atoms with van der Waals surface area (Å²) in [4.78, 5) is 23.4. The van der Waals surface area contributed by atoms with Crippen LogP contribution in [0.4, 0.5) is 5.69 Å². The van der Waals surface area contributed by atoms with Crippen LogP contribution < -0.4 is 10.7 Å². The molecule has 0 unspecified atom stereocenters. The van der Waals surface area contributed by atoms with Crippen molar-refractivity contribution in [2.24, 2.45) is 5.10 Å². The fraction of sp³-hybridized carbons (Fsp3) is 0.235. The van der Waals surface area contributed by atoms with Crippen molar-refractivity contribution in [2.45, 2.75) is 26.2 Å². The number of hydrogen-bond donors (Lipinski definition) is 2. The van der Waals surface area contributed by atoms with E-state index in [9.17, 15) is 9.59 Å². The van der Waals surface area contributed by atoms with Crippen molar-refractivity contribution in [3.63, 3.8) is 0 Å². The smallest absolute Gasteiger partial charge is 0.329 e. The lowest BCUT2D eigenvalue weighted by atomic mass is 10.1. The van der Waals surface area contributed by atoms with Gasteiger partial charge in [0.15, 0.2) is 0 Å². The van der Waals surface area contributed by atoms with Crippen LogP contribution in [0.2, 0.25) is 0 Å². The van der Waals surface area contributed by atoms with E-state index in [0.717, 1.165) is 19.3 Å². The van der Waals surface area contributed by atoms with E-state index >= 15 is 0 Å². The Morgan fingerprint density at radius 2 is 1.96 bits per heavy atom. The lowest BCUT2D eigenvalue weighted by Gasteiger charge is -2.05. The first kappa shape index (κ1) is 16.5. The quantitative estimate of drug-likeness (QED) is 0.488. The number of rotatable bonds is 6. The van der Waals surface area contributed by atoms with Crippen LogP contribution in [-0.2, 0) is 16.0 Å². The number of aryl methyl sites for hydroxylation is 1. The van der Waals surface area contributed by atoms with E-state index in [-0.39, 0.29) is 0 Å². The number of carbonyl (C=O) groups is 2. The van der Waals surface area contributed by atoms with Crippen LogP contribution in [0.3, 0.4) is 0 Å². The normalized spacial score (nSPS) is 10.7. The summed E-state index contributed by atoms with van der Waals surface area (Å²) in [6.07, 6.45) is 6.07. The van der Waals surface area contributed by atoms with Gasteiger partial charge in [-0.2, -0.15) is 5.10 Å². The van der Waals surface area contributed by atoms with Crippen LogP contribution in [0, 0.1) is 0 Å². The number of amides is 2. The number of hydrogen-bond acceptors (Lipinski definition) is 4. The van der Waals surface area contributed by atoms with Crippen LogP contribution >= 0.6 is 0 Å². The third-order valence-corrected chi connectivity index (χ3v) is 3.14. The maximum atomic E-state index is 11.7. The lowest BCUT2D eigenvalue weighted by Crippen LogP contribution is -2.32. The zero-order chi connectivity index (χ0) is 16.5. The van der Waals surface area contributed by atoms with Crippen molar-refractivity contribution in [3.8, 4) is 0 Å². The van der Waals surface area contributed by atoms with Gasteiger partial charge in [-0.15, -0.1) is 0 Å². The van der Waals surface area contributed by atoms with Gasteiger partial charge in [0.2, 0.25) is 0 Å². The third kappa shape index (κ3) is 5.43. The van der Waals surface area contributed by atoms with Gasteiger partial charge >= 0.3 is 11.8 Å². The van der Waals surface area contributed by atoms with Crippen LogP contribution in [0.5, 0.6) is 0 Å². The summed E-state index contributed by atoms with van der Waals surface area (Å²) in [6, 6.07) is 10.8. The summed E-state index contributed by atoms with van der Waals surface area (Å²) in [5, 5.41) is 6.17. The molecule has 2 N–H and O–H groups in total. The summed E-state index contributed by atoms with van der Waals surface area (Å²) in [5.74, 6) is -1.14. The van der Waals surface area contributed by atoms with E-state index in [2.05, 4.69) is 22.8 Å². The molecule has 0 aliphatic carbocycles. The van der Waals surface area contributed by atoms with Crippen LogP contribution in [-0.4, -0.2) is 18.0 Å². The Kier molecular flexibility index (Phi) is 6.11. The van der Waals surface area contributed by atoms with Gasteiger partial charge in [0.05, 0.1) is 12.5 Å². The van der Waals surface area contributed by atoms with Crippen molar-refractivity contribution < 1.29 is 14.0 Å². The Bertz CT molecular complexity index is 661. The standard InChI is InChI=1S/C17H19N3O3/c1-2-3-5-13-7-9-14(10-8-13)19-16(21)17(22)20-18-12-15-6-4-11-23-15/h4,6-12H,2-3,5H2,1H3,(H,19,21)(H,20,22)/b18-12-. The molecule has 0 radical (unpaired) electrons. The van der Waals surface area contributed by atoms with Crippen molar-refractivity contribution in [1.29, 1.82) is 0 Å². The number of unbranched alkanes of at least 4 members (excludes halogenated alkanes) is 1. The van der Waals surface area contributed by atoms with E-state index in [1.807, 2.05) is 12.1 Å². The Morgan fingerprint density at radius 3 is 2.61 bits per heavy atom. The van der Waals surface area contributed by atoms with Crippen LogP contribution in [0.15, 0.2) is 52.2 Å². The van der Waals surface area contributed by atoms with Gasteiger partial charge < -0.3 is 9.73 Å². The SMILES string of the molecule is CCCCc1ccc(NC(=O)C(=O)N/N=C\c2ccco2)cc1. The molecule has 6 heteroatoms. The van der Waals surface area contributed by atoms with E-state index in [1.54, 1.807) is 24.3 Å². The maximum Gasteiger partial charge on any atom is 0.329 e. The molecular formula is C17H19N3O3. The molecule has 2 amide bonds. The molecule has 0 aliphatic rings. The minimum Gasteiger partial charge on any atom is -0.463 e. The fourth-order valence-electron chi connectivity index (χ4n) is 1.89. The second kappa shape index (κ2) is 8.53. The zero-order valence-electron chi connectivity index (χ0n) is 12.9. The van der Waals surface area contributed by atoms with Crippen molar-refractivity contribution in [3.05, 3.63) is 54.0 Å². The molecule has 0 saturated heterocycles. The predicted molar refractivity (Wildman–Crippen MR) is 88.1 cm³/mol. The molecule has 0 spiro atoms. The number of furan rings is 1. The number of carbonyl (C=O) groups excluding carboxylic acids is 2. The van der Waals surface area contributed by atoms with Gasteiger partial charge in [-0.3, -0.25) is 9.59 Å². The number of anilines is 1. The first-order valence-electron chi connectivity index (χ1n) is 7.46. The van der Waals surface area contributed by atoms with Crippen LogP contribution in [0.25, 0.3) is 0 Å². The largest absolute Gasteiger partial charge is 0.463 e. The highest BCUT2D eigenvalue weighted by Gasteiger charge is 2.12. The Balaban J connectivity index is 1.82. The summed E-state index contributed by atoms with van der Waals surface area (Å²) >= 11 is 0. The molecule has 120 valence electrons. The molecule has 1 aromatic heterocycles. The third-order valence-electron chi connectivity index (χ3n) is 3.14. The first-order chi connectivity index (χ1) is 11.2. The topological polar surface area (TPSA) is 83.7 Å². The molecule has 0 atom stereocenters. The summed E-state index contributed by atoms with van der Waals surface area (Å²) < 4.78 is 5.01. The molecule has 23 heavy (non-hydrogen) atoms. The van der Waals surface area contributed by atoms with Gasteiger partial charge in [0.25, 0.3) is 0 Å². The van der Waals surface area contributed by atoms with Crippen LogP contribution in [0.1, 0.15) is 31.1 Å². The number of hydrazone groups is 1. The highest BCUT2D eigenvalue weighted by atomic mass is 16.3. The van der Waals surface area contributed by atoms with Gasteiger partial charge in [0, 0.05) is 5.69 Å². The van der Waals surface area contributed by atoms with Crippen molar-refractivity contribution in [1.82, 2.24) is 5.43 Å². The summed E-state index contributed by atoms with van der Waals surface area (Å²) in [5.41, 5.74) is 3.91. The molecular weight excluding hydrogens is 294 g/mol. The minimum atomic E-state index is -0.845. The van der Waals surface area contributed by atoms with Gasteiger partial charge in [-0.25, -0.2) is 5.43 Å². The molecule has 0 bridgehead atoms. The van der Waals surface area contributed by atoms with E-state index in [4.69, 9.17) is 4.42 Å². The van der Waals surface area contributed by atoms with Crippen molar-refractivity contribution in [2.75, 3.05) is 5.32 Å². The van der Waals surface area contributed by atoms with E-state index < -0.39 is 11.8 Å². The average molecular weight is 313 g/mol. The van der Waals surface area contributed by atoms with E-state index in [0.29, 0.717) is 11.4 Å². The molecule has 0 saturated carbocycles. The monoisotopic (exact) mass is 313 g/mol. The predicted octanol–water partition coefficient (Wildman–Crippen LogP) is 2.71. The van der Waals surface area contributed by atoms with Gasteiger partial charge in [-0.05, 0) is 42.7 Å². The number of nitrogens with zero attached hydrogens (tertiary/aromatic N) is 1. The highest BCUT2D eigenvalue weighted by molar-refractivity contribution is 6.39. The molecule has 1 aromatic carbocycles. The molecule has 6 nitrogen and oxygen atoms in total. The average Bonchev–Trinajstić information content (AvgIpc) is 3.07.